The molecule has 0 amide bonds. The van der Waals surface area contributed by atoms with Crippen molar-refractivity contribution >= 4 is 41.6 Å². The summed E-state index contributed by atoms with van der Waals surface area (Å²) >= 11 is 1.27. The van der Waals surface area contributed by atoms with Crippen molar-refractivity contribution in [2.45, 2.75) is 114 Å². The molecule has 10 atom stereocenters. The van der Waals surface area contributed by atoms with E-state index in [1.807, 2.05) is 30.3 Å². The molecule has 232 valence electrons. The standard InChI is InChI=1S/C28H36O13S/c1-13-21(36-15(3)29)23(37-16(4)30)25(39-18(6)32)27(34-13)41-22-14(2)35-28(42-20-11-9-8-10-12-20)26(40-19(7)33)24(22)38-17(5)31/h8-14,21-28H,1-7H3/t13?,14?,21-,22-,23?,24?,25?,26?,27-,28-/m0/s1. The summed E-state index contributed by atoms with van der Waals surface area (Å²) in [5, 5.41) is 0. The Hall–Kier alpha value is -3.20. The molecule has 6 unspecified atom stereocenters. The first-order valence-corrected chi connectivity index (χ1v) is 14.2. The highest BCUT2D eigenvalue weighted by molar-refractivity contribution is 7.99. The second-order valence-electron chi connectivity index (χ2n) is 9.82. The third kappa shape index (κ3) is 8.90. The Morgan fingerprint density at radius 3 is 1.52 bits per heavy atom. The van der Waals surface area contributed by atoms with Crippen LogP contribution in [0, 0.1) is 0 Å². The van der Waals surface area contributed by atoms with Crippen LogP contribution in [0.3, 0.4) is 0 Å². The Bertz CT molecular complexity index is 1130. The summed E-state index contributed by atoms with van der Waals surface area (Å²) in [4.78, 5) is 61.2. The molecule has 0 radical (unpaired) electrons. The predicted molar refractivity (Wildman–Crippen MR) is 144 cm³/mol. The maximum absolute atomic E-state index is 12.3. The van der Waals surface area contributed by atoms with Crippen LogP contribution in [-0.4, -0.2) is 90.4 Å². The van der Waals surface area contributed by atoms with Gasteiger partial charge in [0.2, 0.25) is 0 Å². The number of benzene rings is 1. The lowest BCUT2D eigenvalue weighted by Crippen LogP contribution is -2.65. The fourth-order valence-corrected chi connectivity index (χ4v) is 5.92. The number of carbonyl (C=O) groups excluding carboxylic acids is 5. The minimum Gasteiger partial charge on any atom is -0.456 e. The molecule has 13 nitrogen and oxygen atoms in total. The molecule has 1 aromatic carbocycles. The average Bonchev–Trinajstić information content (AvgIpc) is 2.87. The zero-order valence-electron chi connectivity index (χ0n) is 24.4. The van der Waals surface area contributed by atoms with Crippen LogP contribution in [0.15, 0.2) is 35.2 Å². The van der Waals surface area contributed by atoms with Crippen LogP contribution in [0.25, 0.3) is 0 Å². The van der Waals surface area contributed by atoms with E-state index in [-0.39, 0.29) is 0 Å². The van der Waals surface area contributed by atoms with Gasteiger partial charge in [-0.15, -0.1) is 0 Å². The van der Waals surface area contributed by atoms with Gasteiger partial charge in [0.1, 0.15) is 11.5 Å². The van der Waals surface area contributed by atoms with Crippen molar-refractivity contribution in [3.8, 4) is 0 Å². The van der Waals surface area contributed by atoms with Crippen molar-refractivity contribution in [1.29, 1.82) is 0 Å². The summed E-state index contributed by atoms with van der Waals surface area (Å²) in [6, 6.07) is 9.23. The van der Waals surface area contributed by atoms with E-state index in [0.29, 0.717) is 0 Å². The summed E-state index contributed by atoms with van der Waals surface area (Å²) in [6.45, 7) is 9.09. The van der Waals surface area contributed by atoms with Gasteiger partial charge in [-0.05, 0) is 26.0 Å². The lowest BCUT2D eigenvalue weighted by atomic mass is 9.97. The molecule has 2 heterocycles. The monoisotopic (exact) mass is 612 g/mol. The van der Waals surface area contributed by atoms with Crippen LogP contribution in [0.4, 0.5) is 0 Å². The predicted octanol–water partition coefficient (Wildman–Crippen LogP) is 2.31. The quantitative estimate of drug-likeness (QED) is 0.295. The maximum Gasteiger partial charge on any atom is 0.303 e. The fourth-order valence-electron chi connectivity index (χ4n) is 4.77. The van der Waals surface area contributed by atoms with Gasteiger partial charge in [0.25, 0.3) is 0 Å². The van der Waals surface area contributed by atoms with Crippen LogP contribution in [0.2, 0.25) is 0 Å². The number of esters is 5. The molecular weight excluding hydrogens is 576 g/mol. The van der Waals surface area contributed by atoms with Gasteiger partial charge < -0.3 is 37.9 Å². The van der Waals surface area contributed by atoms with Crippen molar-refractivity contribution in [2.75, 3.05) is 0 Å². The van der Waals surface area contributed by atoms with Crippen LogP contribution >= 0.6 is 11.8 Å². The van der Waals surface area contributed by atoms with Crippen LogP contribution < -0.4 is 0 Å². The van der Waals surface area contributed by atoms with Gasteiger partial charge in [0, 0.05) is 39.5 Å². The van der Waals surface area contributed by atoms with E-state index in [4.69, 9.17) is 37.9 Å². The van der Waals surface area contributed by atoms with Gasteiger partial charge >= 0.3 is 29.8 Å². The smallest absolute Gasteiger partial charge is 0.303 e. The van der Waals surface area contributed by atoms with Crippen molar-refractivity contribution in [1.82, 2.24) is 0 Å². The number of ether oxygens (including phenoxy) is 8. The first-order chi connectivity index (χ1) is 19.8. The molecule has 0 N–H and O–H groups in total. The second-order valence-corrected chi connectivity index (χ2v) is 11.0. The molecule has 42 heavy (non-hydrogen) atoms. The molecule has 0 saturated carbocycles. The van der Waals surface area contributed by atoms with Crippen molar-refractivity contribution in [3.63, 3.8) is 0 Å². The van der Waals surface area contributed by atoms with Crippen molar-refractivity contribution < 1.29 is 61.9 Å². The Labute approximate surface area is 247 Å². The lowest BCUT2D eigenvalue weighted by molar-refractivity contribution is -0.334. The number of hydrogen-bond acceptors (Lipinski definition) is 14. The summed E-state index contributed by atoms with van der Waals surface area (Å²) in [7, 11) is 0. The van der Waals surface area contributed by atoms with E-state index in [0.717, 1.165) is 18.7 Å². The molecule has 0 aromatic heterocycles. The number of thioether (sulfide) groups is 1. The van der Waals surface area contributed by atoms with E-state index in [1.165, 1.54) is 32.5 Å². The molecule has 0 spiro atoms. The zero-order chi connectivity index (χ0) is 31.1. The van der Waals surface area contributed by atoms with E-state index >= 15 is 0 Å². The van der Waals surface area contributed by atoms with Crippen molar-refractivity contribution in [2.24, 2.45) is 0 Å². The number of rotatable bonds is 9. The van der Waals surface area contributed by atoms with E-state index < -0.39 is 90.4 Å². The zero-order valence-corrected chi connectivity index (χ0v) is 25.2. The van der Waals surface area contributed by atoms with Gasteiger partial charge in [-0.2, -0.15) is 0 Å². The highest BCUT2D eigenvalue weighted by atomic mass is 32.2. The molecule has 2 saturated heterocycles. The topological polar surface area (TPSA) is 159 Å². The largest absolute Gasteiger partial charge is 0.456 e. The minimum absolute atomic E-state index is 0.646. The minimum atomic E-state index is -1.41. The maximum atomic E-state index is 12.3. The van der Waals surface area contributed by atoms with Gasteiger partial charge in [0.15, 0.2) is 36.8 Å². The highest BCUT2D eigenvalue weighted by Gasteiger charge is 2.55. The third-order valence-electron chi connectivity index (χ3n) is 6.25. The Morgan fingerprint density at radius 2 is 1.00 bits per heavy atom. The Kier molecular flexibility index (Phi) is 11.7. The van der Waals surface area contributed by atoms with Gasteiger partial charge in [-0.25, -0.2) is 0 Å². The SMILES string of the molecule is CC(=O)OC1C(OC(C)=O)[C@@H](OC(C)=O)C(C)O[C@H]1O[C@H]1C(C)O[C@@H](Sc2ccccc2)C(OC(C)=O)C1OC(C)=O. The van der Waals surface area contributed by atoms with E-state index in [9.17, 15) is 24.0 Å². The summed E-state index contributed by atoms with van der Waals surface area (Å²) in [5.41, 5.74) is -0.798. The number of hydrogen-bond donors (Lipinski definition) is 0. The molecule has 2 fully saturated rings. The molecule has 3 rings (SSSR count). The van der Waals surface area contributed by atoms with Gasteiger partial charge in [0.05, 0.1) is 12.2 Å². The van der Waals surface area contributed by atoms with Crippen LogP contribution in [0.5, 0.6) is 0 Å². The van der Waals surface area contributed by atoms with Gasteiger partial charge in [-0.1, -0.05) is 30.0 Å². The van der Waals surface area contributed by atoms with Crippen LogP contribution in [-0.2, 0) is 61.9 Å². The fraction of sp³-hybridized carbons (Fsp3) is 0.607. The van der Waals surface area contributed by atoms with E-state index in [1.54, 1.807) is 13.8 Å². The molecule has 2 aliphatic rings. The molecule has 1 aromatic rings. The molecular formula is C28H36O13S. The van der Waals surface area contributed by atoms with Crippen molar-refractivity contribution in [3.05, 3.63) is 30.3 Å². The highest BCUT2D eigenvalue weighted by Crippen LogP contribution is 2.39. The molecule has 2 aliphatic heterocycles. The van der Waals surface area contributed by atoms with E-state index in [2.05, 4.69) is 0 Å². The Balaban J connectivity index is 1.99. The summed E-state index contributed by atoms with van der Waals surface area (Å²) in [6.07, 6.45) is -10.4. The molecule has 0 bridgehead atoms. The average molecular weight is 613 g/mol. The molecule has 14 heteroatoms. The Morgan fingerprint density at radius 1 is 0.571 bits per heavy atom. The number of carbonyl (C=O) groups is 5. The summed E-state index contributed by atoms with van der Waals surface area (Å²) < 4.78 is 46.0. The summed E-state index contributed by atoms with van der Waals surface area (Å²) in [5.74, 6) is -3.49. The molecule has 0 aliphatic carbocycles. The third-order valence-corrected chi connectivity index (χ3v) is 7.41. The second kappa shape index (κ2) is 14.8. The van der Waals surface area contributed by atoms with Gasteiger partial charge in [-0.3, -0.25) is 24.0 Å². The first-order valence-electron chi connectivity index (χ1n) is 13.3. The first kappa shape index (κ1) is 33.3. The normalized spacial score (nSPS) is 32.6. The van der Waals surface area contributed by atoms with Crippen LogP contribution in [0.1, 0.15) is 48.5 Å². The lowest BCUT2D eigenvalue weighted by Gasteiger charge is -2.48.